The summed E-state index contributed by atoms with van der Waals surface area (Å²) >= 11 is 0. The monoisotopic (exact) mass is 266 g/mol. The Morgan fingerprint density at radius 3 is 2.26 bits per heavy atom. The van der Waals surface area contributed by atoms with E-state index in [9.17, 15) is 9.28 Å². The first-order valence-corrected chi connectivity index (χ1v) is 6.72. The first-order valence-electron chi connectivity index (χ1n) is 6.72. The fourth-order valence-corrected chi connectivity index (χ4v) is 2.07. The van der Waals surface area contributed by atoms with E-state index in [-0.39, 0.29) is 19.0 Å². The molecule has 3 nitrogen and oxygen atoms in total. The van der Waals surface area contributed by atoms with Gasteiger partial charge in [0.1, 0.15) is 0 Å². The Morgan fingerprint density at radius 2 is 1.74 bits per heavy atom. The minimum Gasteiger partial charge on any atom is -0.351 e. The van der Waals surface area contributed by atoms with E-state index in [0.717, 1.165) is 0 Å². The van der Waals surface area contributed by atoms with Crippen LogP contribution in [0.25, 0.3) is 0 Å². The molecule has 4 heteroatoms. The van der Waals surface area contributed by atoms with Crippen molar-refractivity contribution >= 4 is 5.91 Å². The Labute approximate surface area is 114 Å². The van der Waals surface area contributed by atoms with Crippen LogP contribution >= 0.6 is 0 Å². The Morgan fingerprint density at radius 1 is 1.11 bits per heavy atom. The molecule has 1 aromatic rings. The number of amides is 1. The minimum absolute atomic E-state index is 0.118. The van der Waals surface area contributed by atoms with E-state index >= 15 is 0 Å². The predicted molar refractivity (Wildman–Crippen MR) is 76.1 cm³/mol. The predicted octanol–water partition coefficient (Wildman–Crippen LogP) is 3.14. The molecular formula is C15H23FN2O. The van der Waals surface area contributed by atoms with Crippen LogP contribution in [-0.2, 0) is 0 Å². The molecule has 1 aromatic carbocycles. The van der Waals surface area contributed by atoms with Gasteiger partial charge in [-0.3, -0.25) is 4.79 Å². The van der Waals surface area contributed by atoms with Gasteiger partial charge in [-0.15, -0.1) is 4.48 Å². The quantitative estimate of drug-likeness (QED) is 0.613. The van der Waals surface area contributed by atoms with Crippen LogP contribution in [0.4, 0.5) is 4.48 Å². The molecule has 0 aliphatic heterocycles. The Balaban J connectivity index is 2.92. The van der Waals surface area contributed by atoms with Gasteiger partial charge in [-0.2, -0.15) is 5.54 Å². The molecule has 0 spiro atoms. The van der Waals surface area contributed by atoms with Gasteiger partial charge < -0.3 is 5.32 Å². The van der Waals surface area contributed by atoms with Crippen LogP contribution in [0.1, 0.15) is 61.0 Å². The summed E-state index contributed by atoms with van der Waals surface area (Å²) in [6.45, 7) is 8.93. The lowest BCUT2D eigenvalue weighted by Crippen LogP contribution is -2.29. The van der Waals surface area contributed by atoms with Crippen LogP contribution in [0.15, 0.2) is 18.2 Å². The lowest BCUT2D eigenvalue weighted by Gasteiger charge is -2.17. The van der Waals surface area contributed by atoms with Crippen molar-refractivity contribution in [3.63, 3.8) is 0 Å². The molecule has 0 atom stereocenters. The van der Waals surface area contributed by atoms with Crippen LogP contribution in [0.2, 0.25) is 0 Å². The Kier molecular flexibility index (Phi) is 5.96. The largest absolute Gasteiger partial charge is 0.351 e. The van der Waals surface area contributed by atoms with E-state index in [1.165, 1.54) is 16.7 Å². The molecule has 2 N–H and O–H groups in total. The highest BCUT2D eigenvalue weighted by Gasteiger charge is 2.13. The number of hydrogen-bond acceptors (Lipinski definition) is 2. The summed E-state index contributed by atoms with van der Waals surface area (Å²) in [6.07, 6.45) is 0. The van der Waals surface area contributed by atoms with Crippen molar-refractivity contribution < 1.29 is 9.28 Å². The number of nitrogens with one attached hydrogen (secondary N) is 2. The molecular weight excluding hydrogens is 243 g/mol. The SMILES string of the molecule is CC(C)c1ccc(C(=O)NCCNF)cc1C(C)C. The zero-order valence-corrected chi connectivity index (χ0v) is 12.1. The molecule has 0 aromatic heterocycles. The Hall–Kier alpha value is -1.42. The second-order valence-corrected chi connectivity index (χ2v) is 5.29. The summed E-state index contributed by atoms with van der Waals surface area (Å²) in [7, 11) is 0. The van der Waals surface area contributed by atoms with Gasteiger partial charge in [-0.1, -0.05) is 33.8 Å². The van der Waals surface area contributed by atoms with E-state index in [2.05, 4.69) is 33.0 Å². The second-order valence-electron chi connectivity index (χ2n) is 5.29. The molecule has 0 radical (unpaired) electrons. The van der Waals surface area contributed by atoms with Gasteiger partial charge in [-0.25, -0.2) is 0 Å². The topological polar surface area (TPSA) is 41.1 Å². The number of benzene rings is 1. The molecule has 1 amide bonds. The fourth-order valence-electron chi connectivity index (χ4n) is 2.07. The first-order chi connectivity index (χ1) is 8.97. The van der Waals surface area contributed by atoms with Crippen molar-refractivity contribution in [2.24, 2.45) is 0 Å². The normalized spacial score (nSPS) is 11.1. The van der Waals surface area contributed by atoms with Crippen molar-refractivity contribution in [1.29, 1.82) is 0 Å². The van der Waals surface area contributed by atoms with Crippen LogP contribution in [0.3, 0.4) is 0 Å². The lowest BCUT2D eigenvalue weighted by atomic mass is 9.89. The minimum atomic E-state index is -0.160. The highest BCUT2D eigenvalue weighted by Crippen LogP contribution is 2.27. The molecule has 19 heavy (non-hydrogen) atoms. The molecule has 0 saturated carbocycles. The van der Waals surface area contributed by atoms with Crippen LogP contribution in [0, 0.1) is 0 Å². The average molecular weight is 266 g/mol. The smallest absolute Gasteiger partial charge is 0.251 e. The summed E-state index contributed by atoms with van der Waals surface area (Å²) in [5, 5.41) is 2.67. The third-order valence-electron chi connectivity index (χ3n) is 3.10. The van der Waals surface area contributed by atoms with E-state index < -0.39 is 0 Å². The number of halogens is 1. The molecule has 106 valence electrons. The first kappa shape index (κ1) is 15.6. The fraction of sp³-hybridized carbons (Fsp3) is 0.533. The maximum atomic E-state index is 11.9. The lowest BCUT2D eigenvalue weighted by molar-refractivity contribution is 0.0952. The summed E-state index contributed by atoms with van der Waals surface area (Å²) in [6, 6.07) is 5.79. The summed E-state index contributed by atoms with van der Waals surface area (Å²) < 4.78 is 11.8. The van der Waals surface area contributed by atoms with Crippen molar-refractivity contribution in [1.82, 2.24) is 10.9 Å². The molecule has 0 unspecified atom stereocenters. The van der Waals surface area contributed by atoms with Gasteiger partial charge in [0.05, 0.1) is 0 Å². The van der Waals surface area contributed by atoms with Crippen LogP contribution in [-0.4, -0.2) is 19.0 Å². The molecule has 0 aliphatic carbocycles. The number of carbonyl (C=O) groups is 1. The average Bonchev–Trinajstić information content (AvgIpc) is 2.38. The molecule has 0 fully saturated rings. The summed E-state index contributed by atoms with van der Waals surface area (Å²) in [5.74, 6) is 0.648. The van der Waals surface area contributed by atoms with Gasteiger partial charge >= 0.3 is 0 Å². The third kappa shape index (κ3) is 4.31. The van der Waals surface area contributed by atoms with Crippen molar-refractivity contribution in [2.75, 3.05) is 13.1 Å². The highest BCUT2D eigenvalue weighted by molar-refractivity contribution is 5.94. The number of hydrogen-bond donors (Lipinski definition) is 2. The van der Waals surface area contributed by atoms with E-state index in [1.807, 2.05) is 18.2 Å². The van der Waals surface area contributed by atoms with E-state index in [4.69, 9.17) is 0 Å². The Bertz CT molecular complexity index is 430. The van der Waals surface area contributed by atoms with Gasteiger partial charge in [0.15, 0.2) is 0 Å². The molecule has 0 heterocycles. The van der Waals surface area contributed by atoms with Crippen molar-refractivity contribution in [2.45, 2.75) is 39.5 Å². The van der Waals surface area contributed by atoms with E-state index in [1.54, 1.807) is 0 Å². The van der Waals surface area contributed by atoms with Gasteiger partial charge in [-0.05, 0) is 35.1 Å². The second kappa shape index (κ2) is 7.24. The van der Waals surface area contributed by atoms with Crippen LogP contribution < -0.4 is 10.9 Å². The van der Waals surface area contributed by atoms with Gasteiger partial charge in [0.25, 0.3) is 5.91 Å². The maximum Gasteiger partial charge on any atom is 0.251 e. The zero-order valence-electron chi connectivity index (χ0n) is 12.1. The molecule has 0 aliphatic rings. The van der Waals surface area contributed by atoms with Gasteiger partial charge in [0, 0.05) is 18.7 Å². The summed E-state index contributed by atoms with van der Waals surface area (Å²) in [4.78, 5) is 11.9. The van der Waals surface area contributed by atoms with Gasteiger partial charge in [0.2, 0.25) is 0 Å². The zero-order chi connectivity index (χ0) is 14.4. The van der Waals surface area contributed by atoms with Crippen molar-refractivity contribution in [3.8, 4) is 0 Å². The third-order valence-corrected chi connectivity index (χ3v) is 3.10. The summed E-state index contributed by atoms with van der Waals surface area (Å²) in [5.41, 5.74) is 4.62. The van der Waals surface area contributed by atoms with Crippen LogP contribution in [0.5, 0.6) is 0 Å². The standard InChI is InChI=1S/C15H23FN2O/c1-10(2)13-6-5-12(9-14(13)11(3)4)15(19)17-7-8-18-16/h5-6,9-11,18H,7-8H2,1-4H3,(H,17,19). The van der Waals surface area contributed by atoms with Crippen molar-refractivity contribution in [3.05, 3.63) is 34.9 Å². The highest BCUT2D eigenvalue weighted by atomic mass is 19.2. The number of rotatable bonds is 6. The molecule has 1 rings (SSSR count). The van der Waals surface area contributed by atoms with E-state index in [0.29, 0.717) is 17.4 Å². The number of carbonyl (C=O) groups excluding carboxylic acids is 1. The molecule has 0 bridgehead atoms. The maximum absolute atomic E-state index is 11.9. The molecule has 0 saturated heterocycles.